The topological polar surface area (TPSA) is 53.5 Å². The lowest BCUT2D eigenvalue weighted by atomic mass is 10.1. The average molecular weight is 297 g/mol. The molecule has 1 aliphatic heterocycles. The van der Waals surface area contributed by atoms with Gasteiger partial charge in [0.25, 0.3) is 5.91 Å². The molecule has 3 rings (SSSR count). The maximum Gasteiger partial charge on any atom is 0.251 e. The highest BCUT2D eigenvalue weighted by Gasteiger charge is 2.17. The van der Waals surface area contributed by atoms with Gasteiger partial charge in [0.1, 0.15) is 11.7 Å². The predicted molar refractivity (Wildman–Crippen MR) is 85.4 cm³/mol. The molecule has 22 heavy (non-hydrogen) atoms. The first-order chi connectivity index (χ1) is 10.6. The van der Waals surface area contributed by atoms with Gasteiger partial charge in [0.2, 0.25) is 0 Å². The maximum absolute atomic E-state index is 13.6. The minimum atomic E-state index is -0.245. The third kappa shape index (κ3) is 2.70. The fourth-order valence-corrected chi connectivity index (χ4v) is 2.46. The van der Waals surface area contributed by atoms with Crippen LogP contribution in [0.5, 0.6) is 0 Å². The number of aryl methyl sites for hydroxylation is 1. The molecule has 112 valence electrons. The lowest BCUT2D eigenvalue weighted by molar-refractivity contribution is 0.0963. The van der Waals surface area contributed by atoms with Crippen molar-refractivity contribution in [3.8, 4) is 0 Å². The second-order valence-electron chi connectivity index (χ2n) is 5.25. The Labute approximate surface area is 128 Å². The first kappa shape index (κ1) is 14.3. The highest BCUT2D eigenvalue weighted by molar-refractivity contribution is 6.03. The van der Waals surface area contributed by atoms with Crippen LogP contribution in [-0.4, -0.2) is 18.8 Å². The number of halogens is 1. The fourth-order valence-electron chi connectivity index (χ4n) is 2.46. The number of carbonyl (C=O) groups excluding carboxylic acids is 1. The quantitative estimate of drug-likeness (QED) is 0.894. The largest absolute Gasteiger partial charge is 0.355 e. The van der Waals surface area contributed by atoms with Crippen molar-refractivity contribution in [2.45, 2.75) is 13.3 Å². The SMILES string of the molecule is CNC(=O)c1cccc(NC2=Nc3cc(F)c(C)cc3C2)c1. The van der Waals surface area contributed by atoms with Gasteiger partial charge in [0.05, 0.1) is 5.69 Å². The van der Waals surface area contributed by atoms with E-state index in [1.54, 1.807) is 32.2 Å². The average Bonchev–Trinajstić information content (AvgIpc) is 2.88. The second kappa shape index (κ2) is 5.60. The normalized spacial score (nSPS) is 12.6. The van der Waals surface area contributed by atoms with E-state index in [4.69, 9.17) is 0 Å². The van der Waals surface area contributed by atoms with Crippen molar-refractivity contribution in [3.05, 3.63) is 58.9 Å². The summed E-state index contributed by atoms with van der Waals surface area (Å²) in [4.78, 5) is 16.1. The highest BCUT2D eigenvalue weighted by atomic mass is 19.1. The van der Waals surface area contributed by atoms with Crippen molar-refractivity contribution >= 4 is 23.1 Å². The Hall–Kier alpha value is -2.69. The number of aliphatic imine (C=N–C) groups is 1. The molecule has 0 atom stereocenters. The summed E-state index contributed by atoms with van der Waals surface area (Å²) in [6.45, 7) is 1.74. The number of amidine groups is 1. The molecule has 0 aliphatic carbocycles. The summed E-state index contributed by atoms with van der Waals surface area (Å²) in [7, 11) is 1.59. The number of carbonyl (C=O) groups is 1. The number of hydrogen-bond acceptors (Lipinski definition) is 3. The van der Waals surface area contributed by atoms with Gasteiger partial charge in [-0.25, -0.2) is 9.38 Å². The van der Waals surface area contributed by atoms with Crippen LogP contribution in [0.15, 0.2) is 41.4 Å². The number of rotatable bonds is 2. The Kier molecular flexibility index (Phi) is 3.63. The van der Waals surface area contributed by atoms with Crippen molar-refractivity contribution < 1.29 is 9.18 Å². The number of fused-ring (bicyclic) bond motifs is 1. The van der Waals surface area contributed by atoms with E-state index >= 15 is 0 Å². The van der Waals surface area contributed by atoms with Gasteiger partial charge in [0.15, 0.2) is 0 Å². The molecule has 1 heterocycles. The summed E-state index contributed by atoms with van der Waals surface area (Å²) in [6.07, 6.45) is 0.626. The molecular formula is C17H16FN3O. The van der Waals surface area contributed by atoms with E-state index in [9.17, 15) is 9.18 Å². The third-order valence-corrected chi connectivity index (χ3v) is 3.61. The Balaban J connectivity index is 1.81. The first-order valence-corrected chi connectivity index (χ1v) is 7.02. The molecule has 1 aliphatic rings. The molecule has 0 spiro atoms. The number of benzene rings is 2. The van der Waals surface area contributed by atoms with Crippen LogP contribution in [0, 0.1) is 12.7 Å². The van der Waals surface area contributed by atoms with E-state index in [1.165, 1.54) is 6.07 Å². The highest BCUT2D eigenvalue weighted by Crippen LogP contribution is 2.29. The molecule has 2 N–H and O–H groups in total. The van der Waals surface area contributed by atoms with Gasteiger partial charge in [0, 0.05) is 30.8 Å². The lowest BCUT2D eigenvalue weighted by Gasteiger charge is -2.07. The van der Waals surface area contributed by atoms with E-state index in [2.05, 4.69) is 15.6 Å². The van der Waals surface area contributed by atoms with Crippen LogP contribution in [0.2, 0.25) is 0 Å². The van der Waals surface area contributed by atoms with Crippen LogP contribution in [0.4, 0.5) is 15.8 Å². The minimum absolute atomic E-state index is 0.141. The number of nitrogens with one attached hydrogen (secondary N) is 2. The number of anilines is 1. The smallest absolute Gasteiger partial charge is 0.251 e. The summed E-state index contributed by atoms with van der Waals surface area (Å²) in [5, 5.41) is 5.78. The number of hydrogen-bond donors (Lipinski definition) is 2. The Morgan fingerprint density at radius 1 is 1.27 bits per heavy atom. The van der Waals surface area contributed by atoms with Crippen molar-refractivity contribution in [3.63, 3.8) is 0 Å². The molecule has 5 heteroatoms. The van der Waals surface area contributed by atoms with E-state index in [1.807, 2.05) is 12.1 Å². The molecule has 4 nitrogen and oxygen atoms in total. The second-order valence-corrected chi connectivity index (χ2v) is 5.25. The van der Waals surface area contributed by atoms with Crippen LogP contribution < -0.4 is 10.6 Å². The van der Waals surface area contributed by atoms with Crippen LogP contribution in [0.25, 0.3) is 0 Å². The van der Waals surface area contributed by atoms with Gasteiger partial charge in [-0.05, 0) is 36.2 Å². The molecule has 0 radical (unpaired) electrons. The summed E-state index contributed by atoms with van der Waals surface area (Å²) < 4.78 is 13.6. The minimum Gasteiger partial charge on any atom is -0.355 e. The summed E-state index contributed by atoms with van der Waals surface area (Å²) >= 11 is 0. The standard InChI is InChI=1S/C17H16FN3O/c1-10-6-12-8-16(21-15(12)9-14(10)18)20-13-5-3-4-11(7-13)17(22)19-2/h3-7,9H,8H2,1-2H3,(H,19,22)(H,20,21). The fraction of sp³-hybridized carbons (Fsp3) is 0.176. The number of amides is 1. The molecule has 0 bridgehead atoms. The van der Waals surface area contributed by atoms with Crippen molar-refractivity contribution in [2.24, 2.45) is 4.99 Å². The van der Waals surface area contributed by atoms with Crippen LogP contribution >= 0.6 is 0 Å². The van der Waals surface area contributed by atoms with Crippen molar-refractivity contribution in [1.82, 2.24) is 5.32 Å². The van der Waals surface area contributed by atoms with Gasteiger partial charge in [-0.15, -0.1) is 0 Å². The molecule has 0 fully saturated rings. The lowest BCUT2D eigenvalue weighted by Crippen LogP contribution is -2.18. The van der Waals surface area contributed by atoms with Gasteiger partial charge in [-0.2, -0.15) is 0 Å². The van der Waals surface area contributed by atoms with E-state index in [0.29, 0.717) is 23.2 Å². The predicted octanol–water partition coefficient (Wildman–Crippen LogP) is 3.19. The van der Waals surface area contributed by atoms with Crippen molar-refractivity contribution in [1.29, 1.82) is 0 Å². The zero-order chi connectivity index (χ0) is 15.7. The monoisotopic (exact) mass is 297 g/mol. The molecule has 0 saturated carbocycles. The Bertz CT molecular complexity index is 783. The molecule has 0 aromatic heterocycles. The summed E-state index contributed by atoms with van der Waals surface area (Å²) in [5.41, 5.74) is 3.64. The maximum atomic E-state index is 13.6. The molecule has 1 amide bonds. The molecule has 0 unspecified atom stereocenters. The molecule has 0 saturated heterocycles. The van der Waals surface area contributed by atoms with E-state index in [0.717, 1.165) is 17.1 Å². The number of nitrogens with zero attached hydrogens (tertiary/aromatic N) is 1. The van der Waals surface area contributed by atoms with Crippen molar-refractivity contribution in [2.75, 3.05) is 12.4 Å². The Morgan fingerprint density at radius 2 is 2.09 bits per heavy atom. The summed E-state index contributed by atoms with van der Waals surface area (Å²) in [5.74, 6) is 0.359. The van der Waals surface area contributed by atoms with Crippen LogP contribution in [-0.2, 0) is 6.42 Å². The summed E-state index contributed by atoms with van der Waals surface area (Å²) in [6, 6.07) is 10.5. The van der Waals surface area contributed by atoms with Gasteiger partial charge in [-0.3, -0.25) is 4.79 Å². The van der Waals surface area contributed by atoms with Gasteiger partial charge < -0.3 is 10.6 Å². The molecule has 2 aromatic carbocycles. The van der Waals surface area contributed by atoms with Gasteiger partial charge >= 0.3 is 0 Å². The zero-order valence-corrected chi connectivity index (χ0v) is 12.4. The van der Waals surface area contributed by atoms with Crippen LogP contribution in [0.3, 0.4) is 0 Å². The van der Waals surface area contributed by atoms with Crippen LogP contribution in [0.1, 0.15) is 21.5 Å². The first-order valence-electron chi connectivity index (χ1n) is 7.02. The third-order valence-electron chi connectivity index (χ3n) is 3.61. The molecule has 2 aromatic rings. The molecular weight excluding hydrogens is 281 g/mol. The van der Waals surface area contributed by atoms with E-state index in [-0.39, 0.29) is 11.7 Å². The Morgan fingerprint density at radius 3 is 2.86 bits per heavy atom. The van der Waals surface area contributed by atoms with Gasteiger partial charge in [-0.1, -0.05) is 12.1 Å². The zero-order valence-electron chi connectivity index (χ0n) is 12.4. The van der Waals surface area contributed by atoms with E-state index < -0.39 is 0 Å².